The van der Waals surface area contributed by atoms with Crippen molar-refractivity contribution in [2.45, 2.75) is 25.2 Å². The van der Waals surface area contributed by atoms with Gasteiger partial charge in [-0.25, -0.2) is 0 Å². The number of fused-ring (bicyclic) bond motifs is 1. The molecule has 0 radical (unpaired) electrons. The Labute approximate surface area is 129 Å². The van der Waals surface area contributed by atoms with Gasteiger partial charge in [0.2, 0.25) is 11.8 Å². The first kappa shape index (κ1) is 13.3. The van der Waals surface area contributed by atoms with Crippen molar-refractivity contribution in [2.24, 2.45) is 0 Å². The summed E-state index contributed by atoms with van der Waals surface area (Å²) >= 11 is 0. The highest BCUT2D eigenvalue weighted by molar-refractivity contribution is 6.07. The highest BCUT2D eigenvalue weighted by Crippen LogP contribution is 2.39. The van der Waals surface area contributed by atoms with Gasteiger partial charge in [-0.15, -0.1) is 0 Å². The first-order valence-corrected chi connectivity index (χ1v) is 7.85. The van der Waals surface area contributed by atoms with Crippen molar-refractivity contribution in [3.05, 3.63) is 42.0 Å². The predicted molar refractivity (Wildman–Crippen MR) is 85.9 cm³/mol. The molecule has 2 aromatic rings. The number of rotatable bonds is 2. The van der Waals surface area contributed by atoms with E-state index in [4.69, 9.17) is 0 Å². The molecule has 2 aliphatic rings. The molecule has 4 nitrogen and oxygen atoms in total. The van der Waals surface area contributed by atoms with Crippen molar-refractivity contribution in [3.8, 4) is 0 Å². The quantitative estimate of drug-likeness (QED) is 0.925. The second-order valence-electron chi connectivity index (χ2n) is 6.01. The second-order valence-corrected chi connectivity index (χ2v) is 6.01. The minimum Gasteiger partial charge on any atom is -0.356 e. The molecule has 2 aromatic carbocycles. The number of nitrogens with zero attached hydrogens (tertiary/aromatic N) is 1. The number of amides is 2. The molecule has 2 saturated heterocycles. The van der Waals surface area contributed by atoms with Crippen molar-refractivity contribution in [3.63, 3.8) is 0 Å². The number of benzene rings is 2. The van der Waals surface area contributed by atoms with Crippen LogP contribution in [-0.4, -0.2) is 24.9 Å². The van der Waals surface area contributed by atoms with E-state index in [0.717, 1.165) is 41.4 Å². The molecule has 22 heavy (non-hydrogen) atoms. The zero-order valence-electron chi connectivity index (χ0n) is 12.3. The molecule has 4 rings (SSSR count). The Balaban J connectivity index is 1.95. The lowest BCUT2D eigenvalue weighted by Gasteiger charge is -2.24. The molecule has 1 N–H and O–H groups in total. The maximum Gasteiger partial charge on any atom is 0.227 e. The maximum atomic E-state index is 12.3. The lowest BCUT2D eigenvalue weighted by atomic mass is 9.92. The highest BCUT2D eigenvalue weighted by Gasteiger charge is 2.32. The van der Waals surface area contributed by atoms with E-state index in [-0.39, 0.29) is 17.7 Å². The van der Waals surface area contributed by atoms with Crippen LogP contribution in [0.15, 0.2) is 36.4 Å². The first-order valence-electron chi connectivity index (χ1n) is 7.85. The van der Waals surface area contributed by atoms with Gasteiger partial charge >= 0.3 is 0 Å². The fourth-order valence-corrected chi connectivity index (χ4v) is 3.63. The minimum atomic E-state index is -0.145. The number of anilines is 1. The van der Waals surface area contributed by atoms with Gasteiger partial charge in [0, 0.05) is 24.9 Å². The molecule has 0 bridgehead atoms. The summed E-state index contributed by atoms with van der Waals surface area (Å²) in [5.41, 5.74) is 1.94. The molecule has 2 amide bonds. The summed E-state index contributed by atoms with van der Waals surface area (Å²) < 4.78 is 0. The van der Waals surface area contributed by atoms with Gasteiger partial charge in [-0.05, 0) is 23.8 Å². The number of carbonyl (C=O) groups excluding carboxylic acids is 2. The van der Waals surface area contributed by atoms with Crippen molar-refractivity contribution in [1.82, 2.24) is 5.32 Å². The zero-order valence-corrected chi connectivity index (χ0v) is 12.3. The molecule has 112 valence electrons. The summed E-state index contributed by atoms with van der Waals surface area (Å²) in [6.45, 7) is 1.46. The maximum absolute atomic E-state index is 12.3. The van der Waals surface area contributed by atoms with Crippen LogP contribution < -0.4 is 10.2 Å². The number of nitrogens with one attached hydrogen (secondary N) is 1. The van der Waals surface area contributed by atoms with Gasteiger partial charge in [0.25, 0.3) is 0 Å². The van der Waals surface area contributed by atoms with Crippen LogP contribution in [0.1, 0.15) is 30.7 Å². The second kappa shape index (κ2) is 5.13. The van der Waals surface area contributed by atoms with Crippen LogP contribution in [0.25, 0.3) is 10.8 Å². The number of hydrogen-bond acceptors (Lipinski definition) is 2. The number of carbonyl (C=O) groups is 2. The van der Waals surface area contributed by atoms with Gasteiger partial charge in [0.1, 0.15) is 0 Å². The van der Waals surface area contributed by atoms with E-state index < -0.39 is 0 Å². The van der Waals surface area contributed by atoms with Crippen LogP contribution in [-0.2, 0) is 9.59 Å². The monoisotopic (exact) mass is 294 g/mol. The minimum absolute atomic E-state index is 0.0724. The molecule has 4 heteroatoms. The van der Waals surface area contributed by atoms with Gasteiger partial charge in [0.15, 0.2) is 0 Å². The van der Waals surface area contributed by atoms with Crippen LogP contribution in [0.2, 0.25) is 0 Å². The van der Waals surface area contributed by atoms with Crippen molar-refractivity contribution < 1.29 is 9.59 Å². The molecule has 0 spiro atoms. The summed E-state index contributed by atoms with van der Waals surface area (Å²) in [4.78, 5) is 26.3. The third-order valence-electron chi connectivity index (χ3n) is 4.70. The average molecular weight is 294 g/mol. The fraction of sp³-hybridized carbons (Fsp3) is 0.333. The third kappa shape index (κ3) is 1.98. The summed E-state index contributed by atoms with van der Waals surface area (Å²) in [6, 6.07) is 12.2. The van der Waals surface area contributed by atoms with E-state index in [1.165, 1.54) is 0 Å². The van der Waals surface area contributed by atoms with Gasteiger partial charge in [-0.2, -0.15) is 0 Å². The molecule has 0 aromatic heterocycles. The Morgan fingerprint density at radius 3 is 2.68 bits per heavy atom. The Kier molecular flexibility index (Phi) is 3.10. The molecule has 2 fully saturated rings. The Morgan fingerprint density at radius 2 is 1.95 bits per heavy atom. The molecule has 2 heterocycles. The van der Waals surface area contributed by atoms with Crippen LogP contribution in [0.4, 0.5) is 5.69 Å². The van der Waals surface area contributed by atoms with Crippen molar-refractivity contribution in [1.29, 1.82) is 0 Å². The van der Waals surface area contributed by atoms with E-state index in [0.29, 0.717) is 13.0 Å². The molecular weight excluding hydrogens is 276 g/mol. The largest absolute Gasteiger partial charge is 0.356 e. The van der Waals surface area contributed by atoms with Crippen LogP contribution in [0.3, 0.4) is 0 Å². The van der Waals surface area contributed by atoms with Gasteiger partial charge in [-0.1, -0.05) is 36.4 Å². The summed E-state index contributed by atoms with van der Waals surface area (Å²) in [6.07, 6.45) is 2.28. The topological polar surface area (TPSA) is 49.4 Å². The van der Waals surface area contributed by atoms with E-state index in [1.54, 1.807) is 0 Å². The lowest BCUT2D eigenvalue weighted by Crippen LogP contribution is -2.27. The standard InChI is InChI=1S/C18H18N2O2/c21-16-6-3-11-20(16)17-13-5-2-1-4-12(13)7-8-14(17)15-9-10-19-18(15)22/h1-2,4-5,7-8,15H,3,6,9-11H2,(H,19,22). The summed E-state index contributed by atoms with van der Waals surface area (Å²) in [7, 11) is 0. The Morgan fingerprint density at radius 1 is 1.09 bits per heavy atom. The van der Waals surface area contributed by atoms with E-state index >= 15 is 0 Å². The van der Waals surface area contributed by atoms with E-state index in [1.807, 2.05) is 29.2 Å². The molecule has 2 aliphatic heterocycles. The molecule has 0 aliphatic carbocycles. The summed E-state index contributed by atoms with van der Waals surface area (Å²) in [5, 5.41) is 5.08. The van der Waals surface area contributed by atoms with Crippen molar-refractivity contribution in [2.75, 3.05) is 18.0 Å². The Bertz CT molecular complexity index is 769. The predicted octanol–water partition coefficient (Wildman–Crippen LogP) is 2.57. The van der Waals surface area contributed by atoms with Gasteiger partial charge in [-0.3, -0.25) is 9.59 Å². The SMILES string of the molecule is O=C1NCCC1c1ccc2ccccc2c1N1CCCC1=O. The molecular formula is C18H18N2O2. The van der Waals surface area contributed by atoms with Gasteiger partial charge < -0.3 is 10.2 Å². The Hall–Kier alpha value is -2.36. The fourth-order valence-electron chi connectivity index (χ4n) is 3.63. The number of hydrogen-bond donors (Lipinski definition) is 1. The summed E-state index contributed by atoms with van der Waals surface area (Å²) in [5.74, 6) is 0.0900. The smallest absolute Gasteiger partial charge is 0.227 e. The van der Waals surface area contributed by atoms with E-state index in [2.05, 4.69) is 17.4 Å². The van der Waals surface area contributed by atoms with Crippen molar-refractivity contribution >= 4 is 28.3 Å². The normalized spacial score (nSPS) is 21.6. The third-order valence-corrected chi connectivity index (χ3v) is 4.70. The van der Waals surface area contributed by atoms with Crippen LogP contribution >= 0.6 is 0 Å². The molecule has 1 atom stereocenters. The highest BCUT2D eigenvalue weighted by atomic mass is 16.2. The van der Waals surface area contributed by atoms with Crippen LogP contribution in [0, 0.1) is 0 Å². The first-order chi connectivity index (χ1) is 10.8. The van der Waals surface area contributed by atoms with Gasteiger partial charge in [0.05, 0.1) is 11.6 Å². The molecule has 1 unspecified atom stereocenters. The van der Waals surface area contributed by atoms with E-state index in [9.17, 15) is 9.59 Å². The lowest BCUT2D eigenvalue weighted by molar-refractivity contribution is -0.120. The average Bonchev–Trinajstić information content (AvgIpc) is 3.14. The van der Waals surface area contributed by atoms with Crippen LogP contribution in [0.5, 0.6) is 0 Å². The zero-order chi connectivity index (χ0) is 15.1. The molecule has 0 saturated carbocycles.